The molecule has 0 radical (unpaired) electrons. The summed E-state index contributed by atoms with van der Waals surface area (Å²) in [6, 6.07) is 7.15. The smallest absolute Gasteiger partial charge is 0.325 e. The summed E-state index contributed by atoms with van der Waals surface area (Å²) in [5, 5.41) is 7.78. The Hall–Kier alpha value is -3.79. The molecule has 10 heteroatoms. The Morgan fingerprint density at radius 3 is 2.58 bits per heavy atom. The molecule has 2 aliphatic rings. The van der Waals surface area contributed by atoms with Crippen LogP contribution in [0.5, 0.6) is 0 Å². The van der Waals surface area contributed by atoms with Crippen molar-refractivity contribution < 1.29 is 23.9 Å². The van der Waals surface area contributed by atoms with Crippen LogP contribution in [0.4, 0.5) is 0 Å². The summed E-state index contributed by atoms with van der Waals surface area (Å²) in [7, 11) is 0. The number of pyridine rings is 1. The number of benzene rings is 1. The van der Waals surface area contributed by atoms with Crippen molar-refractivity contribution in [1.82, 2.24) is 26.1 Å². The second kappa shape index (κ2) is 11.7. The van der Waals surface area contributed by atoms with Gasteiger partial charge in [-0.25, -0.2) is 10.4 Å². The van der Waals surface area contributed by atoms with E-state index in [0.29, 0.717) is 25.1 Å². The summed E-state index contributed by atoms with van der Waals surface area (Å²) < 4.78 is 5.75. The largest absolute Gasteiger partial charge is 0.457 e. The van der Waals surface area contributed by atoms with E-state index >= 15 is 0 Å². The normalized spacial score (nSPS) is 26.6. The van der Waals surface area contributed by atoms with Gasteiger partial charge in [0.15, 0.2) is 0 Å². The summed E-state index contributed by atoms with van der Waals surface area (Å²) in [4.78, 5) is 56.4. The predicted molar refractivity (Wildman–Crippen MR) is 142 cm³/mol. The maximum absolute atomic E-state index is 13.1. The van der Waals surface area contributed by atoms with Crippen molar-refractivity contribution >= 4 is 40.7 Å². The van der Waals surface area contributed by atoms with Crippen LogP contribution in [0.25, 0.3) is 17.0 Å². The van der Waals surface area contributed by atoms with Gasteiger partial charge in [-0.05, 0) is 56.4 Å². The average molecular weight is 522 g/mol. The van der Waals surface area contributed by atoms with Crippen LogP contribution in [0.15, 0.2) is 36.4 Å². The van der Waals surface area contributed by atoms with Crippen LogP contribution >= 0.6 is 0 Å². The van der Waals surface area contributed by atoms with E-state index in [4.69, 9.17) is 4.74 Å². The monoisotopic (exact) mass is 521 g/mol. The number of hydrogen-bond donors (Lipinski definition) is 3. The van der Waals surface area contributed by atoms with Crippen LogP contribution in [0.3, 0.4) is 0 Å². The van der Waals surface area contributed by atoms with Gasteiger partial charge in [0.05, 0.1) is 11.2 Å². The van der Waals surface area contributed by atoms with E-state index in [-0.39, 0.29) is 24.2 Å². The molecule has 1 saturated heterocycles. The molecule has 10 nitrogen and oxygen atoms in total. The molecule has 4 atom stereocenters. The predicted octanol–water partition coefficient (Wildman–Crippen LogP) is 2.40. The van der Waals surface area contributed by atoms with E-state index in [1.54, 1.807) is 26.0 Å². The molecular weight excluding hydrogens is 486 g/mol. The number of ether oxygens (including phenoxy) is 1. The van der Waals surface area contributed by atoms with Crippen molar-refractivity contribution in [2.24, 2.45) is 5.92 Å². The zero-order valence-corrected chi connectivity index (χ0v) is 22.2. The minimum atomic E-state index is -0.861. The van der Waals surface area contributed by atoms with Crippen molar-refractivity contribution in [2.75, 3.05) is 6.54 Å². The first-order valence-electron chi connectivity index (χ1n) is 13.1. The standard InChI is InChI=1S/C28H35N5O5/c1-16(2)25-26(35)29-17(3)27(36)33-14-6-8-22(32-33)28(37)38-18(4)20-11-10-19-12-13-21(30-23(19)15-20)7-5-9-24(34)31-25/h5,7,10-13,15-18,22,25,32H,6,8-9,14H2,1-4H3,(H,29,35)(H,31,34)/b7-5+/t17-,18+,22-,25-/m0/s1. The number of esters is 1. The molecule has 0 aliphatic carbocycles. The van der Waals surface area contributed by atoms with Gasteiger partial charge < -0.3 is 15.4 Å². The van der Waals surface area contributed by atoms with Crippen molar-refractivity contribution in [2.45, 2.75) is 71.2 Å². The third kappa shape index (κ3) is 6.36. The van der Waals surface area contributed by atoms with E-state index in [0.717, 1.165) is 16.5 Å². The Labute approximate surface area is 222 Å². The quantitative estimate of drug-likeness (QED) is 0.492. The fourth-order valence-corrected chi connectivity index (χ4v) is 4.59. The molecule has 5 bridgehead atoms. The third-order valence-electron chi connectivity index (χ3n) is 6.82. The number of amides is 3. The lowest BCUT2D eigenvalue weighted by Crippen LogP contribution is -2.61. The van der Waals surface area contributed by atoms with Crippen molar-refractivity contribution in [1.29, 1.82) is 0 Å². The molecule has 3 amide bonds. The molecule has 0 spiro atoms. The molecule has 3 N–H and O–H groups in total. The lowest BCUT2D eigenvalue weighted by molar-refractivity contribution is -0.157. The Bertz CT molecular complexity index is 1260. The Kier molecular flexibility index (Phi) is 8.41. The maximum atomic E-state index is 13.1. The van der Waals surface area contributed by atoms with Crippen LogP contribution in [-0.4, -0.2) is 58.4 Å². The highest BCUT2D eigenvalue weighted by Crippen LogP contribution is 2.24. The number of cyclic esters (lactones) is 1. The molecular formula is C28H35N5O5. The molecule has 2 aliphatic heterocycles. The summed E-state index contributed by atoms with van der Waals surface area (Å²) >= 11 is 0. The molecule has 3 heterocycles. The topological polar surface area (TPSA) is 130 Å². The SMILES string of the molecule is CC(C)[C@@H]1NC(=O)C/C=C/c2ccc3ccc(cc3n2)[C@@H](C)OC(=O)[C@@H]2CCCN(N2)C(=O)[C@H](C)NC1=O. The highest BCUT2D eigenvalue weighted by atomic mass is 16.5. The number of fused-ring (bicyclic) bond motifs is 4. The van der Waals surface area contributed by atoms with Gasteiger partial charge in [-0.3, -0.25) is 24.2 Å². The molecule has 38 heavy (non-hydrogen) atoms. The van der Waals surface area contributed by atoms with E-state index < -0.39 is 36.1 Å². The second-order valence-electron chi connectivity index (χ2n) is 10.2. The molecule has 0 saturated carbocycles. The van der Waals surface area contributed by atoms with Gasteiger partial charge in [0.1, 0.15) is 24.2 Å². The Balaban J connectivity index is 1.64. The summed E-state index contributed by atoms with van der Waals surface area (Å²) in [6.07, 6.45) is 4.12. The van der Waals surface area contributed by atoms with Crippen LogP contribution in [-0.2, 0) is 23.9 Å². The fourth-order valence-electron chi connectivity index (χ4n) is 4.59. The number of nitrogens with one attached hydrogen (secondary N) is 3. The van der Waals surface area contributed by atoms with Gasteiger partial charge in [-0.15, -0.1) is 0 Å². The highest BCUT2D eigenvalue weighted by Gasteiger charge is 2.33. The summed E-state index contributed by atoms with van der Waals surface area (Å²) in [5.41, 5.74) is 5.18. The summed E-state index contributed by atoms with van der Waals surface area (Å²) in [6.45, 7) is 7.43. The highest BCUT2D eigenvalue weighted by molar-refractivity contribution is 5.92. The molecule has 2 aromatic rings. The van der Waals surface area contributed by atoms with Crippen LogP contribution in [0, 0.1) is 5.92 Å². The van der Waals surface area contributed by atoms with E-state index in [2.05, 4.69) is 21.0 Å². The van der Waals surface area contributed by atoms with E-state index in [9.17, 15) is 19.2 Å². The first-order chi connectivity index (χ1) is 18.1. The second-order valence-corrected chi connectivity index (χ2v) is 10.2. The zero-order valence-electron chi connectivity index (χ0n) is 22.2. The van der Waals surface area contributed by atoms with Crippen LogP contribution in [0.2, 0.25) is 0 Å². The fraction of sp³-hybridized carbons (Fsp3) is 0.464. The number of hydrazine groups is 1. The van der Waals surface area contributed by atoms with Gasteiger partial charge in [0, 0.05) is 18.4 Å². The number of carbonyl (C=O) groups is 4. The van der Waals surface area contributed by atoms with Crippen LogP contribution < -0.4 is 16.1 Å². The summed E-state index contributed by atoms with van der Waals surface area (Å²) in [5.74, 6) is -1.78. The van der Waals surface area contributed by atoms with Gasteiger partial charge in [0.2, 0.25) is 11.8 Å². The molecule has 0 unspecified atom stereocenters. The molecule has 4 rings (SSSR count). The Morgan fingerprint density at radius 2 is 1.82 bits per heavy atom. The first-order valence-corrected chi connectivity index (χ1v) is 13.1. The van der Waals surface area contributed by atoms with Gasteiger partial charge in [-0.1, -0.05) is 38.1 Å². The molecule has 1 fully saturated rings. The third-order valence-corrected chi connectivity index (χ3v) is 6.82. The van der Waals surface area contributed by atoms with Crippen LogP contribution in [0.1, 0.15) is 64.3 Å². The molecule has 1 aromatic carbocycles. The van der Waals surface area contributed by atoms with E-state index in [1.165, 1.54) is 5.01 Å². The zero-order chi connectivity index (χ0) is 27.4. The lowest BCUT2D eigenvalue weighted by atomic mass is 10.0. The number of hydrogen-bond acceptors (Lipinski definition) is 7. The number of carbonyl (C=O) groups excluding carboxylic acids is 4. The average Bonchev–Trinajstić information content (AvgIpc) is 2.90. The van der Waals surface area contributed by atoms with Gasteiger partial charge >= 0.3 is 5.97 Å². The minimum absolute atomic E-state index is 0.0663. The maximum Gasteiger partial charge on any atom is 0.325 e. The molecule has 202 valence electrons. The van der Waals surface area contributed by atoms with Gasteiger partial charge in [0.25, 0.3) is 5.91 Å². The van der Waals surface area contributed by atoms with Crippen molar-refractivity contribution in [3.05, 3.63) is 47.7 Å². The number of aromatic nitrogens is 1. The Morgan fingerprint density at radius 1 is 1.05 bits per heavy atom. The van der Waals surface area contributed by atoms with Crippen molar-refractivity contribution in [3.63, 3.8) is 0 Å². The van der Waals surface area contributed by atoms with E-state index in [1.807, 2.05) is 44.2 Å². The lowest BCUT2D eigenvalue weighted by Gasteiger charge is -2.35. The molecule has 1 aromatic heterocycles. The van der Waals surface area contributed by atoms with Gasteiger partial charge in [-0.2, -0.15) is 0 Å². The minimum Gasteiger partial charge on any atom is -0.457 e. The number of rotatable bonds is 1. The first kappa shape index (κ1) is 27.3. The number of nitrogens with zero attached hydrogens (tertiary/aromatic N) is 2. The van der Waals surface area contributed by atoms with Crippen molar-refractivity contribution in [3.8, 4) is 0 Å².